The van der Waals surface area contributed by atoms with Gasteiger partial charge in [0.25, 0.3) is 5.91 Å². The fourth-order valence-electron chi connectivity index (χ4n) is 3.11. The molecule has 24 heavy (non-hydrogen) atoms. The summed E-state index contributed by atoms with van der Waals surface area (Å²) in [6.07, 6.45) is 2.20. The second kappa shape index (κ2) is 5.86. The van der Waals surface area contributed by atoms with E-state index < -0.39 is 0 Å². The van der Waals surface area contributed by atoms with Gasteiger partial charge in [-0.2, -0.15) is 5.10 Å². The van der Waals surface area contributed by atoms with Gasteiger partial charge in [0.2, 0.25) is 0 Å². The van der Waals surface area contributed by atoms with E-state index in [1.54, 1.807) is 23.2 Å². The Morgan fingerprint density at radius 2 is 2.25 bits per heavy atom. The minimum Gasteiger partial charge on any atom is -0.349 e. The highest BCUT2D eigenvalue weighted by Crippen LogP contribution is 2.19. The van der Waals surface area contributed by atoms with E-state index >= 15 is 0 Å². The molecule has 3 aromatic rings. The van der Waals surface area contributed by atoms with Crippen LogP contribution in [0.5, 0.6) is 0 Å². The van der Waals surface area contributed by atoms with Crippen LogP contribution < -0.4 is 11.0 Å². The summed E-state index contributed by atoms with van der Waals surface area (Å²) < 4.78 is 4.08. The predicted molar refractivity (Wildman–Crippen MR) is 91.3 cm³/mol. The largest absolute Gasteiger partial charge is 0.349 e. The smallest absolute Gasteiger partial charge is 0.345 e. The number of nitrogens with zero attached hydrogens (tertiary/aromatic N) is 4. The Morgan fingerprint density at radius 1 is 1.38 bits per heavy atom. The van der Waals surface area contributed by atoms with Crippen LogP contribution in [-0.2, 0) is 20.0 Å². The second-order valence-electron chi connectivity index (χ2n) is 6.01. The SMILES string of the molecule is Cn1nc2n(c1=O)CCC(NC(=O)c1ccc3ncsc3c1)CC2. The lowest BCUT2D eigenvalue weighted by Crippen LogP contribution is -2.35. The number of benzene rings is 1. The summed E-state index contributed by atoms with van der Waals surface area (Å²) in [6, 6.07) is 5.59. The molecule has 0 spiro atoms. The molecule has 1 N–H and O–H groups in total. The topological polar surface area (TPSA) is 81.8 Å². The minimum absolute atomic E-state index is 0.0427. The van der Waals surface area contributed by atoms with Crippen LogP contribution in [-0.4, -0.2) is 31.3 Å². The first kappa shape index (κ1) is 15.1. The summed E-state index contributed by atoms with van der Waals surface area (Å²) in [4.78, 5) is 28.7. The summed E-state index contributed by atoms with van der Waals surface area (Å²) in [5, 5.41) is 7.35. The maximum atomic E-state index is 12.5. The van der Waals surface area contributed by atoms with Gasteiger partial charge in [0.1, 0.15) is 5.82 Å². The normalized spacial score (nSPS) is 17.5. The van der Waals surface area contributed by atoms with Crippen molar-refractivity contribution < 1.29 is 4.79 Å². The van der Waals surface area contributed by atoms with Crippen molar-refractivity contribution in [1.82, 2.24) is 24.6 Å². The number of aryl methyl sites for hydroxylation is 2. The molecule has 0 bridgehead atoms. The predicted octanol–water partition coefficient (Wildman–Crippen LogP) is 1.33. The molecule has 0 radical (unpaired) electrons. The average molecular weight is 343 g/mol. The van der Waals surface area contributed by atoms with E-state index in [2.05, 4.69) is 15.4 Å². The van der Waals surface area contributed by atoms with Crippen molar-refractivity contribution in [2.24, 2.45) is 7.05 Å². The van der Waals surface area contributed by atoms with E-state index in [1.165, 1.54) is 16.0 Å². The number of fused-ring (bicyclic) bond motifs is 2. The van der Waals surface area contributed by atoms with Gasteiger partial charge in [-0.15, -0.1) is 11.3 Å². The molecule has 7 nitrogen and oxygen atoms in total. The van der Waals surface area contributed by atoms with Crippen LogP contribution in [0.25, 0.3) is 10.2 Å². The Morgan fingerprint density at radius 3 is 3.12 bits per heavy atom. The molecule has 1 aliphatic rings. The van der Waals surface area contributed by atoms with E-state index in [9.17, 15) is 9.59 Å². The third-order valence-electron chi connectivity index (χ3n) is 4.43. The van der Waals surface area contributed by atoms with Crippen LogP contribution in [0.3, 0.4) is 0 Å². The van der Waals surface area contributed by atoms with Gasteiger partial charge in [-0.05, 0) is 31.0 Å². The molecule has 1 aliphatic heterocycles. The van der Waals surface area contributed by atoms with E-state index in [0.29, 0.717) is 18.5 Å². The summed E-state index contributed by atoms with van der Waals surface area (Å²) in [5.41, 5.74) is 3.24. The van der Waals surface area contributed by atoms with Gasteiger partial charge in [0.15, 0.2) is 0 Å². The Bertz CT molecular complexity index is 970. The summed E-state index contributed by atoms with van der Waals surface area (Å²) >= 11 is 1.52. The molecule has 0 saturated heterocycles. The molecule has 1 aromatic carbocycles. The Kier molecular flexibility index (Phi) is 3.68. The lowest BCUT2D eigenvalue weighted by molar-refractivity contribution is 0.0933. The Balaban J connectivity index is 1.47. The van der Waals surface area contributed by atoms with Gasteiger partial charge in [0, 0.05) is 31.6 Å². The lowest BCUT2D eigenvalue weighted by Gasteiger charge is -2.16. The van der Waals surface area contributed by atoms with Crippen molar-refractivity contribution in [3.05, 3.63) is 45.6 Å². The number of hydrogen-bond acceptors (Lipinski definition) is 5. The second-order valence-corrected chi connectivity index (χ2v) is 6.89. The highest BCUT2D eigenvalue weighted by atomic mass is 32.1. The minimum atomic E-state index is -0.0902. The van der Waals surface area contributed by atoms with Crippen molar-refractivity contribution in [2.75, 3.05) is 0 Å². The zero-order valence-electron chi connectivity index (χ0n) is 13.2. The molecular formula is C16H17N5O2S. The van der Waals surface area contributed by atoms with E-state index in [4.69, 9.17) is 0 Å². The van der Waals surface area contributed by atoms with Crippen LogP contribution in [0.4, 0.5) is 0 Å². The van der Waals surface area contributed by atoms with Crippen LogP contribution >= 0.6 is 11.3 Å². The average Bonchev–Trinajstić information content (AvgIpc) is 3.09. The molecule has 1 amide bonds. The Hall–Kier alpha value is -2.48. The standard InChI is InChI=1S/C16H17N5O2S/c1-20-16(23)21-7-6-11(3-5-14(21)19-20)18-15(22)10-2-4-12-13(8-10)24-9-17-12/h2,4,8-9,11H,3,5-7H2,1H3,(H,18,22). The van der Waals surface area contributed by atoms with Crippen molar-refractivity contribution in [2.45, 2.75) is 31.8 Å². The number of thiazole rings is 1. The number of amides is 1. The van der Waals surface area contributed by atoms with Gasteiger partial charge in [0.05, 0.1) is 15.7 Å². The van der Waals surface area contributed by atoms with Gasteiger partial charge >= 0.3 is 5.69 Å². The number of nitrogens with one attached hydrogen (secondary N) is 1. The molecule has 124 valence electrons. The van der Waals surface area contributed by atoms with Crippen molar-refractivity contribution in [3.63, 3.8) is 0 Å². The molecule has 2 aromatic heterocycles. The lowest BCUT2D eigenvalue weighted by atomic mass is 10.1. The quantitative estimate of drug-likeness (QED) is 0.761. The maximum Gasteiger partial charge on any atom is 0.345 e. The van der Waals surface area contributed by atoms with Crippen LogP contribution in [0.2, 0.25) is 0 Å². The summed E-state index contributed by atoms with van der Waals surface area (Å²) in [7, 11) is 1.67. The number of hydrogen-bond donors (Lipinski definition) is 1. The third-order valence-corrected chi connectivity index (χ3v) is 5.22. The molecule has 8 heteroatoms. The molecule has 0 saturated carbocycles. The maximum absolute atomic E-state index is 12.5. The van der Waals surface area contributed by atoms with E-state index in [-0.39, 0.29) is 17.6 Å². The molecule has 3 heterocycles. The van der Waals surface area contributed by atoms with Gasteiger partial charge in [-0.3, -0.25) is 9.36 Å². The first-order chi connectivity index (χ1) is 11.6. The van der Waals surface area contributed by atoms with Gasteiger partial charge in [-0.1, -0.05) is 0 Å². The number of rotatable bonds is 2. The fraction of sp³-hybridized carbons (Fsp3) is 0.375. The highest BCUT2D eigenvalue weighted by Gasteiger charge is 2.21. The summed E-state index contributed by atoms with van der Waals surface area (Å²) in [6.45, 7) is 0.584. The first-order valence-corrected chi connectivity index (χ1v) is 8.76. The monoisotopic (exact) mass is 343 g/mol. The molecule has 0 fully saturated rings. The van der Waals surface area contributed by atoms with Crippen molar-refractivity contribution in [1.29, 1.82) is 0 Å². The fourth-order valence-corrected chi connectivity index (χ4v) is 3.82. The molecule has 1 atom stereocenters. The Labute approximate surface area is 141 Å². The molecule has 0 aliphatic carbocycles. The number of carbonyl (C=O) groups excluding carboxylic acids is 1. The van der Waals surface area contributed by atoms with Crippen molar-refractivity contribution in [3.8, 4) is 0 Å². The van der Waals surface area contributed by atoms with Crippen molar-refractivity contribution >= 4 is 27.5 Å². The zero-order valence-corrected chi connectivity index (χ0v) is 14.0. The first-order valence-electron chi connectivity index (χ1n) is 7.88. The van der Waals surface area contributed by atoms with Crippen LogP contribution in [0, 0.1) is 0 Å². The number of carbonyl (C=O) groups is 1. The third kappa shape index (κ3) is 2.62. The van der Waals surface area contributed by atoms with Crippen LogP contribution in [0.15, 0.2) is 28.5 Å². The van der Waals surface area contributed by atoms with Crippen LogP contribution in [0.1, 0.15) is 29.0 Å². The van der Waals surface area contributed by atoms with Gasteiger partial charge < -0.3 is 5.32 Å². The van der Waals surface area contributed by atoms with Gasteiger partial charge in [-0.25, -0.2) is 14.5 Å². The molecular weight excluding hydrogens is 326 g/mol. The molecule has 1 unspecified atom stereocenters. The van der Waals surface area contributed by atoms with E-state index in [1.807, 2.05) is 12.1 Å². The summed E-state index contributed by atoms with van der Waals surface area (Å²) in [5.74, 6) is 0.716. The number of aromatic nitrogens is 4. The highest BCUT2D eigenvalue weighted by molar-refractivity contribution is 7.16. The van der Waals surface area contributed by atoms with E-state index in [0.717, 1.165) is 28.9 Å². The zero-order chi connectivity index (χ0) is 16.7. The molecule has 4 rings (SSSR count).